The van der Waals surface area contributed by atoms with Gasteiger partial charge in [-0.2, -0.15) is 0 Å². The molecule has 0 spiro atoms. The minimum absolute atomic E-state index is 0.547. The van der Waals surface area contributed by atoms with Crippen LogP contribution in [0, 0.1) is 5.92 Å². The molecule has 17 heavy (non-hydrogen) atoms. The Hall–Kier alpha value is -0.860. The number of hydrogen-bond acceptors (Lipinski definition) is 2. The molecule has 1 fully saturated rings. The van der Waals surface area contributed by atoms with Gasteiger partial charge in [0.2, 0.25) is 0 Å². The Morgan fingerprint density at radius 1 is 1.29 bits per heavy atom. The number of rotatable bonds is 4. The van der Waals surface area contributed by atoms with E-state index in [0.717, 1.165) is 12.5 Å². The molecule has 0 amide bonds. The van der Waals surface area contributed by atoms with Gasteiger partial charge in [0.15, 0.2) is 0 Å². The summed E-state index contributed by atoms with van der Waals surface area (Å²) >= 11 is 0. The van der Waals surface area contributed by atoms with Crippen LogP contribution in [0.1, 0.15) is 43.4 Å². The Labute approximate surface area is 104 Å². The Kier molecular flexibility index (Phi) is 4.57. The molecule has 2 unspecified atom stereocenters. The van der Waals surface area contributed by atoms with Crippen LogP contribution in [0.4, 0.5) is 0 Å². The Morgan fingerprint density at radius 3 is 2.71 bits per heavy atom. The maximum Gasteiger partial charge on any atom is 0.0713 e. The number of nitrogens with one attached hydrogen (secondary N) is 1. The summed E-state index contributed by atoms with van der Waals surface area (Å²) in [5, 5.41) is 3.62. The molecule has 1 aliphatic rings. The standard InChI is InChI=1S/C15H23NO/c1-3-12-8-9-16-15(10-12)14-6-4-13(5-7-14)11-17-2/h4-7,12,15-16H,3,8-11H2,1-2H3. The number of benzene rings is 1. The van der Waals surface area contributed by atoms with Gasteiger partial charge in [-0.1, -0.05) is 37.6 Å². The molecule has 1 aromatic carbocycles. The molecule has 0 saturated carbocycles. The minimum Gasteiger partial charge on any atom is -0.380 e. The second-order valence-electron chi connectivity index (χ2n) is 4.98. The lowest BCUT2D eigenvalue weighted by Crippen LogP contribution is -2.31. The van der Waals surface area contributed by atoms with Crippen molar-refractivity contribution >= 4 is 0 Å². The van der Waals surface area contributed by atoms with E-state index < -0.39 is 0 Å². The predicted molar refractivity (Wildman–Crippen MR) is 70.9 cm³/mol. The second-order valence-corrected chi connectivity index (χ2v) is 4.98. The average Bonchev–Trinajstić information content (AvgIpc) is 2.40. The summed E-state index contributed by atoms with van der Waals surface area (Å²) in [6, 6.07) is 9.38. The van der Waals surface area contributed by atoms with Gasteiger partial charge < -0.3 is 10.1 Å². The zero-order valence-corrected chi connectivity index (χ0v) is 10.9. The predicted octanol–water partition coefficient (Wildman–Crippen LogP) is 3.28. The first-order valence-electron chi connectivity index (χ1n) is 6.64. The van der Waals surface area contributed by atoms with Crippen LogP contribution < -0.4 is 5.32 Å². The molecule has 0 aliphatic carbocycles. The maximum absolute atomic E-state index is 5.13. The van der Waals surface area contributed by atoms with E-state index in [1.165, 1.54) is 30.4 Å². The van der Waals surface area contributed by atoms with Gasteiger partial charge in [0.05, 0.1) is 6.61 Å². The van der Waals surface area contributed by atoms with Crippen molar-refractivity contribution in [1.82, 2.24) is 5.32 Å². The van der Waals surface area contributed by atoms with E-state index in [1.807, 2.05) is 0 Å². The van der Waals surface area contributed by atoms with Crippen molar-refractivity contribution in [2.45, 2.75) is 38.8 Å². The summed E-state index contributed by atoms with van der Waals surface area (Å²) in [7, 11) is 1.74. The monoisotopic (exact) mass is 233 g/mol. The fraction of sp³-hybridized carbons (Fsp3) is 0.600. The van der Waals surface area contributed by atoms with Gasteiger partial charge in [-0.25, -0.2) is 0 Å². The SMILES string of the molecule is CCC1CCNC(c2ccc(COC)cc2)C1. The molecule has 1 heterocycles. The first kappa shape index (κ1) is 12.6. The summed E-state index contributed by atoms with van der Waals surface area (Å²) < 4.78 is 5.13. The Morgan fingerprint density at radius 2 is 2.06 bits per heavy atom. The molecule has 94 valence electrons. The lowest BCUT2D eigenvalue weighted by atomic mass is 9.87. The molecule has 0 aromatic heterocycles. The lowest BCUT2D eigenvalue weighted by Gasteiger charge is -2.30. The number of ether oxygens (including phenoxy) is 1. The largest absolute Gasteiger partial charge is 0.380 e. The van der Waals surface area contributed by atoms with Crippen LogP contribution in [-0.4, -0.2) is 13.7 Å². The number of piperidine rings is 1. The molecule has 2 heteroatoms. The summed E-state index contributed by atoms with van der Waals surface area (Å²) in [4.78, 5) is 0. The van der Waals surface area contributed by atoms with Gasteiger partial charge in [0.1, 0.15) is 0 Å². The molecular formula is C15H23NO. The number of methoxy groups -OCH3 is 1. The molecular weight excluding hydrogens is 210 g/mol. The summed E-state index contributed by atoms with van der Waals surface area (Å²) in [5.74, 6) is 0.889. The Bertz CT molecular complexity index is 333. The summed E-state index contributed by atoms with van der Waals surface area (Å²) in [6.07, 6.45) is 3.91. The molecule has 2 atom stereocenters. The van der Waals surface area contributed by atoms with E-state index in [1.54, 1.807) is 7.11 Å². The minimum atomic E-state index is 0.547. The fourth-order valence-electron chi connectivity index (χ4n) is 2.63. The van der Waals surface area contributed by atoms with Gasteiger partial charge in [0.25, 0.3) is 0 Å². The van der Waals surface area contributed by atoms with Crippen LogP contribution in [0.5, 0.6) is 0 Å². The zero-order valence-electron chi connectivity index (χ0n) is 10.9. The molecule has 0 bridgehead atoms. The highest BCUT2D eigenvalue weighted by Crippen LogP contribution is 2.29. The van der Waals surface area contributed by atoms with E-state index in [0.29, 0.717) is 12.6 Å². The molecule has 1 aromatic rings. The zero-order chi connectivity index (χ0) is 12.1. The quantitative estimate of drug-likeness (QED) is 0.861. The van der Waals surface area contributed by atoms with Crippen LogP contribution in [0.15, 0.2) is 24.3 Å². The normalized spacial score (nSPS) is 24.8. The van der Waals surface area contributed by atoms with E-state index in [-0.39, 0.29) is 0 Å². The smallest absolute Gasteiger partial charge is 0.0713 e. The highest BCUT2D eigenvalue weighted by atomic mass is 16.5. The van der Waals surface area contributed by atoms with Crippen molar-refractivity contribution in [3.63, 3.8) is 0 Å². The van der Waals surface area contributed by atoms with Crippen LogP contribution in [0.3, 0.4) is 0 Å². The fourth-order valence-corrected chi connectivity index (χ4v) is 2.63. The van der Waals surface area contributed by atoms with Crippen LogP contribution in [0.25, 0.3) is 0 Å². The second kappa shape index (κ2) is 6.18. The van der Waals surface area contributed by atoms with Gasteiger partial charge in [-0.3, -0.25) is 0 Å². The first-order valence-corrected chi connectivity index (χ1v) is 6.64. The molecule has 1 N–H and O–H groups in total. The molecule has 2 rings (SSSR count). The third-order valence-corrected chi connectivity index (χ3v) is 3.78. The van der Waals surface area contributed by atoms with E-state index in [9.17, 15) is 0 Å². The average molecular weight is 233 g/mol. The van der Waals surface area contributed by atoms with Crippen molar-refractivity contribution in [3.8, 4) is 0 Å². The van der Waals surface area contributed by atoms with Crippen molar-refractivity contribution in [2.24, 2.45) is 5.92 Å². The van der Waals surface area contributed by atoms with Crippen LogP contribution in [-0.2, 0) is 11.3 Å². The molecule has 0 radical (unpaired) electrons. The van der Waals surface area contributed by atoms with Gasteiger partial charge in [-0.15, -0.1) is 0 Å². The van der Waals surface area contributed by atoms with Crippen molar-refractivity contribution in [1.29, 1.82) is 0 Å². The van der Waals surface area contributed by atoms with Gasteiger partial charge in [0, 0.05) is 13.2 Å². The summed E-state index contributed by atoms with van der Waals surface area (Å²) in [6.45, 7) is 4.16. The van der Waals surface area contributed by atoms with Crippen LogP contribution in [0.2, 0.25) is 0 Å². The van der Waals surface area contributed by atoms with E-state index >= 15 is 0 Å². The van der Waals surface area contributed by atoms with E-state index in [4.69, 9.17) is 4.74 Å². The first-order chi connectivity index (χ1) is 8.33. The third-order valence-electron chi connectivity index (χ3n) is 3.78. The lowest BCUT2D eigenvalue weighted by molar-refractivity contribution is 0.185. The van der Waals surface area contributed by atoms with Crippen LogP contribution >= 0.6 is 0 Å². The summed E-state index contributed by atoms with van der Waals surface area (Å²) in [5.41, 5.74) is 2.67. The van der Waals surface area contributed by atoms with Crippen molar-refractivity contribution in [3.05, 3.63) is 35.4 Å². The third kappa shape index (κ3) is 3.30. The van der Waals surface area contributed by atoms with Gasteiger partial charge >= 0.3 is 0 Å². The highest BCUT2D eigenvalue weighted by molar-refractivity contribution is 5.25. The molecule has 1 aliphatic heterocycles. The molecule has 1 saturated heterocycles. The van der Waals surface area contributed by atoms with Crippen molar-refractivity contribution < 1.29 is 4.74 Å². The van der Waals surface area contributed by atoms with Crippen molar-refractivity contribution in [2.75, 3.05) is 13.7 Å². The Balaban J connectivity index is 2.01. The maximum atomic E-state index is 5.13. The van der Waals surface area contributed by atoms with Gasteiger partial charge in [-0.05, 0) is 36.4 Å². The topological polar surface area (TPSA) is 21.3 Å². The highest BCUT2D eigenvalue weighted by Gasteiger charge is 2.21. The number of hydrogen-bond donors (Lipinski definition) is 1. The molecule has 2 nitrogen and oxygen atoms in total. The van der Waals surface area contributed by atoms with E-state index in [2.05, 4.69) is 36.5 Å².